The van der Waals surface area contributed by atoms with Crippen molar-refractivity contribution in [1.82, 2.24) is 4.98 Å². The van der Waals surface area contributed by atoms with Crippen LogP contribution < -0.4 is 0 Å². The third-order valence-electron chi connectivity index (χ3n) is 2.55. The van der Waals surface area contributed by atoms with Gasteiger partial charge in [-0.3, -0.25) is 19.9 Å². The van der Waals surface area contributed by atoms with Gasteiger partial charge in [0.25, 0.3) is 5.69 Å². The highest BCUT2D eigenvalue weighted by Crippen LogP contribution is 2.21. The standard InChI is InChI=1S/C11H14N2O3/c1-4-11(14)7(2)9-5-6-10(13(15)16)8(3)12-9/h5-7H,4H2,1-3H3. The number of aryl methyl sites for hydroxylation is 1. The predicted octanol–water partition coefficient (Wildman–Crippen LogP) is 2.38. The van der Waals surface area contributed by atoms with E-state index in [-0.39, 0.29) is 17.4 Å². The van der Waals surface area contributed by atoms with Crippen molar-refractivity contribution >= 4 is 11.5 Å². The molecule has 0 saturated carbocycles. The number of rotatable bonds is 4. The molecule has 0 saturated heterocycles. The Morgan fingerprint density at radius 3 is 2.62 bits per heavy atom. The number of nitrogens with zero attached hydrogens (tertiary/aromatic N) is 2. The lowest BCUT2D eigenvalue weighted by molar-refractivity contribution is -0.385. The van der Waals surface area contributed by atoms with E-state index in [9.17, 15) is 14.9 Å². The summed E-state index contributed by atoms with van der Waals surface area (Å²) in [6, 6.07) is 2.94. The molecule has 0 aromatic carbocycles. The predicted molar refractivity (Wildman–Crippen MR) is 59.3 cm³/mol. The molecule has 86 valence electrons. The lowest BCUT2D eigenvalue weighted by Gasteiger charge is -2.09. The van der Waals surface area contributed by atoms with Gasteiger partial charge in [0.2, 0.25) is 0 Å². The highest BCUT2D eigenvalue weighted by atomic mass is 16.6. The molecule has 0 spiro atoms. The average molecular weight is 222 g/mol. The normalized spacial score (nSPS) is 12.2. The Kier molecular flexibility index (Phi) is 3.71. The van der Waals surface area contributed by atoms with E-state index < -0.39 is 4.92 Å². The minimum absolute atomic E-state index is 0.0140. The van der Waals surface area contributed by atoms with Crippen LogP contribution in [0.15, 0.2) is 12.1 Å². The van der Waals surface area contributed by atoms with Gasteiger partial charge in [0.15, 0.2) is 0 Å². The quantitative estimate of drug-likeness (QED) is 0.579. The van der Waals surface area contributed by atoms with Crippen molar-refractivity contribution in [3.05, 3.63) is 33.6 Å². The van der Waals surface area contributed by atoms with Crippen LogP contribution in [0.1, 0.15) is 37.6 Å². The highest BCUT2D eigenvalue weighted by molar-refractivity contribution is 5.84. The van der Waals surface area contributed by atoms with Crippen LogP contribution in [-0.4, -0.2) is 15.7 Å². The summed E-state index contributed by atoms with van der Waals surface area (Å²) >= 11 is 0. The van der Waals surface area contributed by atoms with E-state index in [1.54, 1.807) is 26.8 Å². The Morgan fingerprint density at radius 2 is 2.19 bits per heavy atom. The largest absolute Gasteiger partial charge is 0.299 e. The first-order chi connectivity index (χ1) is 7.47. The molecule has 0 aliphatic rings. The molecular formula is C11H14N2O3. The molecule has 1 heterocycles. The molecule has 0 fully saturated rings. The summed E-state index contributed by atoms with van der Waals surface area (Å²) in [5.41, 5.74) is 0.924. The smallest absolute Gasteiger partial charge is 0.290 e. The number of Topliss-reactive ketones (excluding diaryl/α,β-unsaturated/α-hetero) is 1. The van der Waals surface area contributed by atoms with Gasteiger partial charge in [0.1, 0.15) is 11.5 Å². The molecule has 16 heavy (non-hydrogen) atoms. The second-order valence-corrected chi connectivity index (χ2v) is 3.64. The Morgan fingerprint density at radius 1 is 1.56 bits per heavy atom. The molecule has 0 radical (unpaired) electrons. The van der Waals surface area contributed by atoms with Gasteiger partial charge in [-0.15, -0.1) is 0 Å². The molecule has 5 nitrogen and oxygen atoms in total. The number of ketones is 1. The third-order valence-corrected chi connectivity index (χ3v) is 2.55. The molecule has 1 atom stereocenters. The van der Waals surface area contributed by atoms with E-state index in [1.807, 2.05) is 0 Å². The van der Waals surface area contributed by atoms with Gasteiger partial charge in [-0.1, -0.05) is 6.92 Å². The zero-order valence-electron chi connectivity index (χ0n) is 9.56. The number of carbonyl (C=O) groups excluding carboxylic acids is 1. The van der Waals surface area contributed by atoms with E-state index in [0.717, 1.165) is 0 Å². The monoisotopic (exact) mass is 222 g/mol. The fourth-order valence-electron chi connectivity index (χ4n) is 1.48. The summed E-state index contributed by atoms with van der Waals surface area (Å²) in [5, 5.41) is 10.6. The van der Waals surface area contributed by atoms with Crippen LogP contribution in [0, 0.1) is 17.0 Å². The average Bonchev–Trinajstić information content (AvgIpc) is 2.26. The Bertz CT molecular complexity index is 429. The number of pyridine rings is 1. The van der Waals surface area contributed by atoms with Crippen LogP contribution in [-0.2, 0) is 4.79 Å². The van der Waals surface area contributed by atoms with Crippen molar-refractivity contribution in [3.63, 3.8) is 0 Å². The molecule has 0 amide bonds. The summed E-state index contributed by atoms with van der Waals surface area (Å²) in [5.74, 6) is -0.217. The Balaban J connectivity index is 3.06. The molecule has 1 rings (SSSR count). The molecule has 0 aliphatic heterocycles. The lowest BCUT2D eigenvalue weighted by Crippen LogP contribution is -2.10. The van der Waals surface area contributed by atoms with Crippen LogP contribution in [0.2, 0.25) is 0 Å². The Labute approximate surface area is 93.7 Å². The van der Waals surface area contributed by atoms with Crippen LogP contribution in [0.3, 0.4) is 0 Å². The highest BCUT2D eigenvalue weighted by Gasteiger charge is 2.18. The molecule has 1 aromatic heterocycles. The summed E-state index contributed by atoms with van der Waals surface area (Å²) in [6.45, 7) is 5.13. The maximum atomic E-state index is 11.5. The number of nitro groups is 1. The number of aromatic nitrogens is 1. The van der Waals surface area contributed by atoms with Gasteiger partial charge in [-0.2, -0.15) is 0 Å². The zero-order chi connectivity index (χ0) is 12.3. The second kappa shape index (κ2) is 4.83. The summed E-state index contributed by atoms with van der Waals surface area (Å²) in [7, 11) is 0. The Hall–Kier alpha value is -1.78. The fraction of sp³-hybridized carbons (Fsp3) is 0.455. The van der Waals surface area contributed by atoms with Crippen molar-refractivity contribution in [2.45, 2.75) is 33.1 Å². The third kappa shape index (κ3) is 2.42. The molecule has 5 heteroatoms. The first kappa shape index (κ1) is 12.3. The summed E-state index contributed by atoms with van der Waals surface area (Å²) < 4.78 is 0. The number of hydrogen-bond acceptors (Lipinski definition) is 4. The first-order valence-corrected chi connectivity index (χ1v) is 5.12. The maximum Gasteiger partial charge on any atom is 0.290 e. The second-order valence-electron chi connectivity index (χ2n) is 3.64. The molecule has 0 aliphatic carbocycles. The van der Waals surface area contributed by atoms with Crippen molar-refractivity contribution in [2.75, 3.05) is 0 Å². The summed E-state index contributed by atoms with van der Waals surface area (Å²) in [4.78, 5) is 25.7. The van der Waals surface area contributed by atoms with Crippen molar-refractivity contribution < 1.29 is 9.72 Å². The van der Waals surface area contributed by atoms with Crippen LogP contribution in [0.5, 0.6) is 0 Å². The van der Waals surface area contributed by atoms with Gasteiger partial charge >= 0.3 is 0 Å². The van der Waals surface area contributed by atoms with E-state index in [1.165, 1.54) is 6.07 Å². The number of hydrogen-bond donors (Lipinski definition) is 0. The minimum atomic E-state index is -0.474. The fourth-order valence-corrected chi connectivity index (χ4v) is 1.48. The van der Waals surface area contributed by atoms with Crippen LogP contribution in [0.25, 0.3) is 0 Å². The minimum Gasteiger partial charge on any atom is -0.299 e. The molecular weight excluding hydrogens is 208 g/mol. The van der Waals surface area contributed by atoms with E-state index in [0.29, 0.717) is 17.8 Å². The van der Waals surface area contributed by atoms with Crippen molar-refractivity contribution in [1.29, 1.82) is 0 Å². The molecule has 0 N–H and O–H groups in total. The molecule has 0 bridgehead atoms. The molecule has 1 unspecified atom stereocenters. The zero-order valence-corrected chi connectivity index (χ0v) is 9.56. The van der Waals surface area contributed by atoms with Gasteiger partial charge in [0.05, 0.1) is 16.5 Å². The number of carbonyl (C=O) groups is 1. The SMILES string of the molecule is CCC(=O)C(C)c1ccc([N+](=O)[O-])c(C)n1. The van der Waals surface area contributed by atoms with Gasteiger partial charge in [-0.05, 0) is 19.9 Å². The topological polar surface area (TPSA) is 73.1 Å². The van der Waals surface area contributed by atoms with E-state index >= 15 is 0 Å². The van der Waals surface area contributed by atoms with Crippen LogP contribution >= 0.6 is 0 Å². The van der Waals surface area contributed by atoms with Gasteiger partial charge in [-0.25, -0.2) is 0 Å². The van der Waals surface area contributed by atoms with Crippen LogP contribution in [0.4, 0.5) is 5.69 Å². The first-order valence-electron chi connectivity index (χ1n) is 5.12. The van der Waals surface area contributed by atoms with Crippen molar-refractivity contribution in [2.24, 2.45) is 0 Å². The molecule has 1 aromatic rings. The summed E-state index contributed by atoms with van der Waals surface area (Å²) in [6.07, 6.45) is 0.443. The van der Waals surface area contributed by atoms with E-state index in [4.69, 9.17) is 0 Å². The maximum absolute atomic E-state index is 11.5. The van der Waals surface area contributed by atoms with E-state index in [2.05, 4.69) is 4.98 Å². The van der Waals surface area contributed by atoms with Crippen molar-refractivity contribution in [3.8, 4) is 0 Å². The lowest BCUT2D eigenvalue weighted by atomic mass is 10.00. The van der Waals surface area contributed by atoms with Gasteiger partial charge in [0, 0.05) is 12.5 Å². The van der Waals surface area contributed by atoms with Gasteiger partial charge < -0.3 is 0 Å².